The Balaban J connectivity index is 1.27. The normalized spacial score (nSPS) is 16.3. The van der Waals surface area contributed by atoms with Crippen LogP contribution < -0.4 is 14.2 Å². The standard InChI is InChI=1S/C22H24N4O4/c1-15-20(26-7-3-4-18(28-2)21(26)23-15)22(27)25-10-8-24(9-11-25)13-16-5-6-17-19(12-16)30-14-29-17/h3-7,12H,8-11,13-14H2,1-2H3. The topological polar surface area (TPSA) is 68.5 Å². The second kappa shape index (κ2) is 7.53. The highest BCUT2D eigenvalue weighted by molar-refractivity contribution is 5.95. The minimum Gasteiger partial charge on any atom is -0.493 e. The van der Waals surface area contributed by atoms with E-state index in [0.717, 1.165) is 31.1 Å². The van der Waals surface area contributed by atoms with Gasteiger partial charge in [0.2, 0.25) is 6.79 Å². The molecule has 5 rings (SSSR count). The van der Waals surface area contributed by atoms with Gasteiger partial charge in [0, 0.05) is 38.9 Å². The van der Waals surface area contributed by atoms with Crippen LogP contribution in [0.3, 0.4) is 0 Å². The van der Waals surface area contributed by atoms with E-state index in [2.05, 4.69) is 16.0 Å². The second-order valence-corrected chi connectivity index (χ2v) is 7.57. The lowest BCUT2D eigenvalue weighted by atomic mass is 10.1. The van der Waals surface area contributed by atoms with Crippen molar-refractivity contribution in [1.82, 2.24) is 19.2 Å². The third-order valence-corrected chi connectivity index (χ3v) is 5.71. The van der Waals surface area contributed by atoms with Crippen LogP contribution in [0.15, 0.2) is 36.5 Å². The van der Waals surface area contributed by atoms with Gasteiger partial charge < -0.3 is 19.1 Å². The van der Waals surface area contributed by atoms with Crippen LogP contribution in [-0.4, -0.2) is 65.2 Å². The molecule has 1 fully saturated rings. The average Bonchev–Trinajstić information content (AvgIpc) is 3.36. The summed E-state index contributed by atoms with van der Waals surface area (Å²) in [4.78, 5) is 22.1. The molecule has 8 nitrogen and oxygen atoms in total. The predicted octanol–water partition coefficient (Wildman–Crippen LogP) is 2.34. The molecule has 30 heavy (non-hydrogen) atoms. The summed E-state index contributed by atoms with van der Waals surface area (Å²) in [6, 6.07) is 9.78. The van der Waals surface area contributed by atoms with E-state index in [0.29, 0.717) is 35.9 Å². The van der Waals surface area contributed by atoms with E-state index in [4.69, 9.17) is 14.2 Å². The van der Waals surface area contributed by atoms with Crippen LogP contribution in [-0.2, 0) is 6.54 Å². The van der Waals surface area contributed by atoms with Crippen LogP contribution in [0.5, 0.6) is 17.2 Å². The zero-order chi connectivity index (χ0) is 20.7. The Hall–Kier alpha value is -3.26. The van der Waals surface area contributed by atoms with Crippen molar-refractivity contribution in [2.45, 2.75) is 13.5 Å². The summed E-state index contributed by atoms with van der Waals surface area (Å²) in [6.45, 7) is 5.98. The maximum Gasteiger partial charge on any atom is 0.272 e. The summed E-state index contributed by atoms with van der Waals surface area (Å²) < 4.78 is 18.1. The molecule has 0 bridgehead atoms. The van der Waals surface area contributed by atoms with Gasteiger partial charge in [-0.15, -0.1) is 0 Å². The molecule has 2 aliphatic rings. The van der Waals surface area contributed by atoms with Crippen molar-refractivity contribution in [3.05, 3.63) is 53.5 Å². The molecular formula is C22H24N4O4. The number of benzene rings is 1. The summed E-state index contributed by atoms with van der Waals surface area (Å²) in [5, 5.41) is 0. The van der Waals surface area contributed by atoms with Gasteiger partial charge in [0.25, 0.3) is 5.91 Å². The van der Waals surface area contributed by atoms with Crippen LogP contribution in [0.2, 0.25) is 0 Å². The minimum absolute atomic E-state index is 0.0102. The number of piperazine rings is 1. The fraction of sp³-hybridized carbons (Fsp3) is 0.364. The number of nitrogens with zero attached hydrogens (tertiary/aromatic N) is 4. The molecule has 0 atom stereocenters. The smallest absolute Gasteiger partial charge is 0.272 e. The number of fused-ring (bicyclic) bond motifs is 2. The molecule has 2 aromatic heterocycles. The molecule has 4 heterocycles. The van der Waals surface area contributed by atoms with Gasteiger partial charge >= 0.3 is 0 Å². The Kier molecular flexibility index (Phi) is 4.71. The first-order valence-electron chi connectivity index (χ1n) is 10.1. The lowest BCUT2D eigenvalue weighted by Gasteiger charge is -2.34. The molecule has 0 saturated carbocycles. The summed E-state index contributed by atoms with van der Waals surface area (Å²) >= 11 is 0. The average molecular weight is 408 g/mol. The van der Waals surface area contributed by atoms with Crippen LogP contribution >= 0.6 is 0 Å². The van der Waals surface area contributed by atoms with Crippen LogP contribution in [0.4, 0.5) is 0 Å². The number of hydrogen-bond acceptors (Lipinski definition) is 6. The minimum atomic E-state index is 0.0102. The Bertz CT molecular complexity index is 1100. The molecule has 0 radical (unpaired) electrons. The summed E-state index contributed by atoms with van der Waals surface area (Å²) in [6.07, 6.45) is 1.86. The quantitative estimate of drug-likeness (QED) is 0.660. The SMILES string of the molecule is COc1cccn2c(C(=O)N3CCN(Cc4ccc5c(c4)OCO5)CC3)c(C)nc12. The number of rotatable bonds is 4. The molecule has 1 amide bonds. The highest BCUT2D eigenvalue weighted by Crippen LogP contribution is 2.33. The highest BCUT2D eigenvalue weighted by atomic mass is 16.7. The van der Waals surface area contributed by atoms with E-state index in [9.17, 15) is 4.79 Å². The van der Waals surface area contributed by atoms with Gasteiger partial charge in [0.15, 0.2) is 22.9 Å². The van der Waals surface area contributed by atoms with Crippen LogP contribution in [0, 0.1) is 6.92 Å². The summed E-state index contributed by atoms with van der Waals surface area (Å²) in [5.41, 5.74) is 3.17. The third kappa shape index (κ3) is 3.23. The summed E-state index contributed by atoms with van der Waals surface area (Å²) in [7, 11) is 1.61. The van der Waals surface area contributed by atoms with Crippen molar-refractivity contribution in [3.63, 3.8) is 0 Å². The molecule has 1 aromatic carbocycles. The van der Waals surface area contributed by atoms with Gasteiger partial charge in [-0.2, -0.15) is 0 Å². The van der Waals surface area contributed by atoms with E-state index < -0.39 is 0 Å². The Morgan fingerprint density at radius 1 is 1.13 bits per heavy atom. The summed E-state index contributed by atoms with van der Waals surface area (Å²) in [5.74, 6) is 2.28. The molecule has 8 heteroatoms. The van der Waals surface area contributed by atoms with E-state index in [1.807, 2.05) is 46.7 Å². The number of hydrogen-bond donors (Lipinski definition) is 0. The Morgan fingerprint density at radius 2 is 1.93 bits per heavy atom. The fourth-order valence-electron chi connectivity index (χ4n) is 4.13. The third-order valence-electron chi connectivity index (χ3n) is 5.71. The molecule has 0 aliphatic carbocycles. The monoisotopic (exact) mass is 408 g/mol. The number of amides is 1. The van der Waals surface area contributed by atoms with Crippen LogP contribution in [0.25, 0.3) is 5.65 Å². The maximum atomic E-state index is 13.3. The number of aromatic nitrogens is 2. The lowest BCUT2D eigenvalue weighted by molar-refractivity contribution is 0.0621. The van der Waals surface area contributed by atoms with E-state index in [1.54, 1.807) is 7.11 Å². The van der Waals surface area contributed by atoms with E-state index in [-0.39, 0.29) is 12.7 Å². The largest absolute Gasteiger partial charge is 0.493 e. The number of ether oxygens (including phenoxy) is 3. The number of imidazole rings is 1. The molecule has 156 valence electrons. The first kappa shape index (κ1) is 18.7. The van der Waals surface area contributed by atoms with Gasteiger partial charge in [-0.1, -0.05) is 6.07 Å². The van der Waals surface area contributed by atoms with Gasteiger partial charge in [-0.25, -0.2) is 4.98 Å². The van der Waals surface area contributed by atoms with Gasteiger partial charge in [-0.3, -0.25) is 14.1 Å². The molecule has 2 aliphatic heterocycles. The second-order valence-electron chi connectivity index (χ2n) is 7.57. The molecule has 1 saturated heterocycles. The first-order chi connectivity index (χ1) is 14.6. The Labute approximate surface area is 174 Å². The molecular weight excluding hydrogens is 384 g/mol. The molecule has 0 spiro atoms. The number of methoxy groups -OCH3 is 1. The van der Waals surface area contributed by atoms with Gasteiger partial charge in [-0.05, 0) is 36.8 Å². The van der Waals surface area contributed by atoms with Crippen molar-refractivity contribution in [2.75, 3.05) is 40.1 Å². The number of pyridine rings is 1. The van der Waals surface area contributed by atoms with Gasteiger partial charge in [0.05, 0.1) is 12.8 Å². The first-order valence-corrected chi connectivity index (χ1v) is 10.1. The molecule has 0 N–H and O–H groups in total. The molecule has 0 unspecified atom stereocenters. The fourth-order valence-corrected chi connectivity index (χ4v) is 4.13. The van der Waals surface area contributed by atoms with E-state index >= 15 is 0 Å². The zero-order valence-electron chi connectivity index (χ0n) is 17.1. The van der Waals surface area contributed by atoms with Crippen LogP contribution in [0.1, 0.15) is 21.7 Å². The number of aryl methyl sites for hydroxylation is 1. The van der Waals surface area contributed by atoms with Crippen molar-refractivity contribution in [3.8, 4) is 17.2 Å². The van der Waals surface area contributed by atoms with Crippen molar-refractivity contribution in [2.24, 2.45) is 0 Å². The predicted molar refractivity (Wildman–Crippen MR) is 110 cm³/mol. The Morgan fingerprint density at radius 3 is 2.73 bits per heavy atom. The zero-order valence-corrected chi connectivity index (χ0v) is 17.1. The van der Waals surface area contributed by atoms with Crippen molar-refractivity contribution < 1.29 is 19.0 Å². The van der Waals surface area contributed by atoms with Crippen molar-refractivity contribution in [1.29, 1.82) is 0 Å². The lowest BCUT2D eigenvalue weighted by Crippen LogP contribution is -2.48. The van der Waals surface area contributed by atoms with Gasteiger partial charge in [0.1, 0.15) is 5.69 Å². The van der Waals surface area contributed by atoms with E-state index in [1.165, 1.54) is 5.56 Å². The number of carbonyl (C=O) groups excluding carboxylic acids is 1. The molecule has 3 aromatic rings. The highest BCUT2D eigenvalue weighted by Gasteiger charge is 2.27. The number of carbonyl (C=O) groups is 1. The maximum absolute atomic E-state index is 13.3. The van der Waals surface area contributed by atoms with Crippen molar-refractivity contribution >= 4 is 11.6 Å².